The Balaban J connectivity index is 2.26. The van der Waals surface area contributed by atoms with Crippen molar-refractivity contribution in [1.29, 1.82) is 0 Å². The molecule has 2 aliphatic rings. The highest BCUT2D eigenvalue weighted by molar-refractivity contribution is 5.91. The highest BCUT2D eigenvalue weighted by Crippen LogP contribution is 2.30. The Kier molecular flexibility index (Phi) is 1.65. The van der Waals surface area contributed by atoms with Gasteiger partial charge in [-0.3, -0.25) is 4.79 Å². The van der Waals surface area contributed by atoms with Crippen molar-refractivity contribution in [3.63, 3.8) is 0 Å². The number of rotatable bonds is 0. The first-order chi connectivity index (χ1) is 5.36. The van der Waals surface area contributed by atoms with Crippen LogP contribution in [0, 0.1) is 5.92 Å². The molecule has 1 heteroatoms. The van der Waals surface area contributed by atoms with E-state index < -0.39 is 0 Å². The normalized spacial score (nSPS) is 29.6. The van der Waals surface area contributed by atoms with E-state index in [0.29, 0.717) is 11.7 Å². The van der Waals surface area contributed by atoms with Gasteiger partial charge in [-0.05, 0) is 31.3 Å². The summed E-state index contributed by atoms with van der Waals surface area (Å²) in [6.07, 6.45) is 10.4. The van der Waals surface area contributed by atoms with Crippen LogP contribution in [-0.2, 0) is 4.79 Å². The summed E-state index contributed by atoms with van der Waals surface area (Å²) in [6, 6.07) is 0. The Morgan fingerprint density at radius 3 is 3.18 bits per heavy atom. The minimum absolute atomic E-state index is 0.326. The van der Waals surface area contributed by atoms with Crippen molar-refractivity contribution >= 4 is 5.78 Å². The lowest BCUT2D eigenvalue weighted by atomic mass is 9.81. The van der Waals surface area contributed by atoms with E-state index in [1.165, 1.54) is 5.57 Å². The van der Waals surface area contributed by atoms with Crippen LogP contribution < -0.4 is 0 Å². The van der Waals surface area contributed by atoms with Crippen LogP contribution in [0.1, 0.15) is 25.7 Å². The molecule has 0 aromatic heterocycles. The smallest absolute Gasteiger partial charge is 0.155 e. The molecular weight excluding hydrogens is 136 g/mol. The SMILES string of the molecule is O=C1C=C2CCC=CC2CC1. The number of carbonyl (C=O) groups excluding carboxylic acids is 1. The number of carbonyl (C=O) groups is 1. The molecule has 1 nitrogen and oxygen atoms in total. The van der Waals surface area contributed by atoms with Gasteiger partial charge in [0, 0.05) is 6.42 Å². The monoisotopic (exact) mass is 148 g/mol. The summed E-state index contributed by atoms with van der Waals surface area (Å²) >= 11 is 0. The molecule has 58 valence electrons. The summed E-state index contributed by atoms with van der Waals surface area (Å²) in [6.45, 7) is 0. The average molecular weight is 148 g/mol. The van der Waals surface area contributed by atoms with Crippen molar-refractivity contribution in [2.45, 2.75) is 25.7 Å². The zero-order chi connectivity index (χ0) is 7.68. The van der Waals surface area contributed by atoms with Gasteiger partial charge in [0.1, 0.15) is 0 Å². The van der Waals surface area contributed by atoms with Crippen molar-refractivity contribution < 1.29 is 4.79 Å². The van der Waals surface area contributed by atoms with E-state index in [0.717, 1.165) is 25.7 Å². The van der Waals surface area contributed by atoms with Crippen LogP contribution in [0.4, 0.5) is 0 Å². The van der Waals surface area contributed by atoms with Gasteiger partial charge in [0.15, 0.2) is 5.78 Å². The minimum atomic E-state index is 0.326. The summed E-state index contributed by atoms with van der Waals surface area (Å²) in [5, 5.41) is 0. The predicted octanol–water partition coefficient (Wildman–Crippen LogP) is 2.24. The van der Waals surface area contributed by atoms with E-state index >= 15 is 0 Å². The lowest BCUT2D eigenvalue weighted by Gasteiger charge is -2.23. The molecule has 0 spiro atoms. The fourth-order valence-electron chi connectivity index (χ4n) is 1.86. The number of ketones is 1. The van der Waals surface area contributed by atoms with Gasteiger partial charge in [0.25, 0.3) is 0 Å². The first-order valence-corrected chi connectivity index (χ1v) is 4.26. The molecule has 0 fully saturated rings. The number of fused-ring (bicyclic) bond motifs is 1. The van der Waals surface area contributed by atoms with E-state index in [9.17, 15) is 4.79 Å². The number of hydrogen-bond acceptors (Lipinski definition) is 1. The molecule has 0 N–H and O–H groups in total. The van der Waals surface area contributed by atoms with Crippen molar-refractivity contribution in [3.8, 4) is 0 Å². The predicted molar refractivity (Wildman–Crippen MR) is 44.2 cm³/mol. The van der Waals surface area contributed by atoms with E-state index in [4.69, 9.17) is 0 Å². The Morgan fingerprint density at radius 2 is 2.27 bits per heavy atom. The fraction of sp³-hybridized carbons (Fsp3) is 0.500. The van der Waals surface area contributed by atoms with Crippen LogP contribution in [0.25, 0.3) is 0 Å². The fourth-order valence-corrected chi connectivity index (χ4v) is 1.86. The lowest BCUT2D eigenvalue weighted by Crippen LogP contribution is -2.14. The quantitative estimate of drug-likeness (QED) is 0.481. The summed E-state index contributed by atoms with van der Waals surface area (Å²) in [4.78, 5) is 11.0. The highest BCUT2D eigenvalue weighted by atomic mass is 16.1. The molecule has 0 bridgehead atoms. The lowest BCUT2D eigenvalue weighted by molar-refractivity contribution is -0.115. The molecule has 11 heavy (non-hydrogen) atoms. The maximum Gasteiger partial charge on any atom is 0.155 e. The third-order valence-corrected chi connectivity index (χ3v) is 2.49. The molecule has 0 saturated heterocycles. The summed E-state index contributed by atoms with van der Waals surface area (Å²) < 4.78 is 0. The van der Waals surface area contributed by atoms with E-state index in [2.05, 4.69) is 12.2 Å². The molecule has 0 aliphatic heterocycles. The topological polar surface area (TPSA) is 17.1 Å². The Morgan fingerprint density at radius 1 is 1.36 bits per heavy atom. The first kappa shape index (κ1) is 6.84. The maximum absolute atomic E-state index is 11.0. The Bertz CT molecular complexity index is 235. The van der Waals surface area contributed by atoms with Crippen LogP contribution in [0.15, 0.2) is 23.8 Å². The molecule has 0 amide bonds. The number of hydrogen-bond donors (Lipinski definition) is 0. The van der Waals surface area contributed by atoms with Crippen molar-refractivity contribution in [1.82, 2.24) is 0 Å². The van der Waals surface area contributed by atoms with Crippen LogP contribution in [0.3, 0.4) is 0 Å². The van der Waals surface area contributed by atoms with E-state index in [-0.39, 0.29) is 0 Å². The molecule has 0 aromatic carbocycles. The molecule has 0 radical (unpaired) electrons. The van der Waals surface area contributed by atoms with Gasteiger partial charge in [-0.1, -0.05) is 17.7 Å². The van der Waals surface area contributed by atoms with Gasteiger partial charge in [0.2, 0.25) is 0 Å². The first-order valence-electron chi connectivity index (χ1n) is 4.26. The maximum atomic E-state index is 11.0. The standard InChI is InChI=1S/C10H12O/c11-10-6-5-8-3-1-2-4-9(8)7-10/h1,3,7-8H,2,4-6H2. The third-order valence-electron chi connectivity index (χ3n) is 2.49. The average Bonchev–Trinajstić information content (AvgIpc) is 2.04. The summed E-state index contributed by atoms with van der Waals surface area (Å²) in [5.74, 6) is 0.924. The van der Waals surface area contributed by atoms with Gasteiger partial charge in [0.05, 0.1) is 0 Å². The molecule has 1 atom stereocenters. The van der Waals surface area contributed by atoms with E-state index in [1.807, 2.05) is 6.08 Å². The van der Waals surface area contributed by atoms with Gasteiger partial charge in [-0.15, -0.1) is 0 Å². The summed E-state index contributed by atoms with van der Waals surface area (Å²) in [5.41, 5.74) is 1.36. The Labute approximate surface area is 66.8 Å². The van der Waals surface area contributed by atoms with Crippen LogP contribution in [0.2, 0.25) is 0 Å². The molecule has 2 rings (SSSR count). The molecule has 2 aliphatic carbocycles. The zero-order valence-electron chi connectivity index (χ0n) is 6.55. The van der Waals surface area contributed by atoms with Crippen molar-refractivity contribution in [3.05, 3.63) is 23.8 Å². The second kappa shape index (κ2) is 2.65. The van der Waals surface area contributed by atoms with Gasteiger partial charge < -0.3 is 0 Å². The second-order valence-electron chi connectivity index (χ2n) is 3.30. The second-order valence-corrected chi connectivity index (χ2v) is 3.30. The largest absolute Gasteiger partial charge is 0.295 e. The zero-order valence-corrected chi connectivity index (χ0v) is 6.55. The third kappa shape index (κ3) is 1.28. The van der Waals surface area contributed by atoms with Crippen LogP contribution in [0.5, 0.6) is 0 Å². The van der Waals surface area contributed by atoms with E-state index in [1.54, 1.807) is 0 Å². The van der Waals surface area contributed by atoms with Gasteiger partial charge >= 0.3 is 0 Å². The van der Waals surface area contributed by atoms with Crippen LogP contribution >= 0.6 is 0 Å². The molecule has 1 unspecified atom stereocenters. The van der Waals surface area contributed by atoms with Gasteiger partial charge in [-0.2, -0.15) is 0 Å². The molecule has 0 saturated carbocycles. The van der Waals surface area contributed by atoms with Gasteiger partial charge in [-0.25, -0.2) is 0 Å². The minimum Gasteiger partial charge on any atom is -0.295 e. The number of allylic oxidation sites excluding steroid dienone is 4. The van der Waals surface area contributed by atoms with Crippen molar-refractivity contribution in [2.24, 2.45) is 5.92 Å². The van der Waals surface area contributed by atoms with Crippen LogP contribution in [-0.4, -0.2) is 5.78 Å². The molecule has 0 heterocycles. The summed E-state index contributed by atoms with van der Waals surface area (Å²) in [7, 11) is 0. The van der Waals surface area contributed by atoms with Crippen molar-refractivity contribution in [2.75, 3.05) is 0 Å². The molecular formula is C10H12O. The Hall–Kier alpha value is -0.850. The molecule has 0 aromatic rings. The highest BCUT2D eigenvalue weighted by Gasteiger charge is 2.20.